The monoisotopic (exact) mass is 816 g/mol. The number of ether oxygens (including phenoxy) is 3. The minimum Gasteiger partial charge on any atom is -0.756 e. The SMILES string of the molecule is CO[C@@H]1[C@H](O)[C@@H](COP(=O)(O)OP(=O)([O-])OP(=O)(O)OC[C@H]2O[C@@H](n3cnc4c(=O)[nH]c(N)nc43)[C@H](O)[C@@H]2O)O[C@H]1[n+]1cn(C)c2c(=O)[nH]c(N)nc21. The molecule has 2 aliphatic rings. The van der Waals surface area contributed by atoms with Crippen molar-refractivity contribution in [2.45, 2.75) is 49.1 Å². The summed E-state index contributed by atoms with van der Waals surface area (Å²) in [5, 5.41) is 31.8. The number of imidazole rings is 2. The van der Waals surface area contributed by atoms with Gasteiger partial charge in [-0.25, -0.2) is 27.3 Å². The lowest BCUT2D eigenvalue weighted by atomic mass is 10.1. The number of hydrogen-bond donors (Lipinski definition) is 9. The third-order valence-electron chi connectivity index (χ3n) is 7.92. The van der Waals surface area contributed by atoms with E-state index < -0.39 is 96.9 Å². The van der Waals surface area contributed by atoms with Crippen LogP contribution in [-0.2, 0) is 52.6 Å². The van der Waals surface area contributed by atoms with E-state index in [-0.39, 0.29) is 34.2 Å². The fourth-order valence-corrected chi connectivity index (χ4v) is 9.12. The molecule has 2 saturated heterocycles. The molecular formula is C22H31N10O18P3. The van der Waals surface area contributed by atoms with Crippen LogP contribution in [0.2, 0.25) is 0 Å². The Balaban J connectivity index is 1.06. The minimum absolute atomic E-state index is 0.0170. The van der Waals surface area contributed by atoms with E-state index in [4.69, 9.17) is 25.7 Å². The summed E-state index contributed by atoms with van der Waals surface area (Å²) in [5.41, 5.74) is 9.61. The van der Waals surface area contributed by atoms with E-state index in [9.17, 15) is 53.3 Å². The number of rotatable bonds is 13. The molecule has 2 aliphatic heterocycles. The second-order valence-corrected chi connectivity index (χ2v) is 16.1. The van der Waals surface area contributed by atoms with Gasteiger partial charge in [0.25, 0.3) is 24.9 Å². The van der Waals surface area contributed by atoms with E-state index in [2.05, 4.69) is 42.6 Å². The van der Waals surface area contributed by atoms with Crippen LogP contribution in [0.4, 0.5) is 11.9 Å². The molecule has 0 bridgehead atoms. The quantitative estimate of drug-likeness (QED) is 0.0453. The van der Waals surface area contributed by atoms with Crippen LogP contribution in [0.1, 0.15) is 12.5 Å². The normalized spacial score (nSPS) is 29.7. The summed E-state index contributed by atoms with van der Waals surface area (Å²) < 4.78 is 74.8. The van der Waals surface area contributed by atoms with Gasteiger partial charge in [-0.1, -0.05) is 4.98 Å². The second kappa shape index (κ2) is 14.3. The van der Waals surface area contributed by atoms with Crippen LogP contribution in [-0.4, -0.2) is 116 Å². The van der Waals surface area contributed by atoms with Crippen LogP contribution in [0, 0.1) is 0 Å². The third kappa shape index (κ3) is 7.85. The number of nitrogens with two attached hydrogens (primary N) is 2. The van der Waals surface area contributed by atoms with Gasteiger partial charge in [0.2, 0.25) is 17.7 Å². The summed E-state index contributed by atoms with van der Waals surface area (Å²) in [6, 6.07) is 0. The smallest absolute Gasteiger partial charge is 0.478 e. The summed E-state index contributed by atoms with van der Waals surface area (Å²) >= 11 is 0. The Morgan fingerprint density at radius 3 is 2.15 bits per heavy atom. The zero-order chi connectivity index (χ0) is 38.8. The van der Waals surface area contributed by atoms with Gasteiger partial charge in [0.1, 0.15) is 36.6 Å². The van der Waals surface area contributed by atoms with Crippen molar-refractivity contribution in [3.63, 3.8) is 0 Å². The number of phosphoric acid groups is 3. The van der Waals surface area contributed by atoms with Crippen molar-refractivity contribution in [1.82, 2.24) is 34.1 Å². The van der Waals surface area contributed by atoms with Gasteiger partial charge in [-0.3, -0.25) is 42.3 Å². The number of methoxy groups -OCH3 is 1. The number of anilines is 2. The first-order valence-corrected chi connectivity index (χ1v) is 19.2. The van der Waals surface area contributed by atoms with Crippen LogP contribution in [0.15, 0.2) is 22.2 Å². The van der Waals surface area contributed by atoms with Gasteiger partial charge in [-0.05, 0) is 0 Å². The number of aromatic nitrogens is 8. The average Bonchev–Trinajstić information content (AvgIpc) is 3.77. The number of nitrogen functional groups attached to an aromatic ring is 2. The lowest BCUT2D eigenvalue weighted by molar-refractivity contribution is -0.746. The van der Waals surface area contributed by atoms with E-state index in [1.54, 1.807) is 0 Å². The Bertz CT molecular complexity index is 2300. The molecule has 0 amide bonds. The number of fused-ring (bicyclic) bond motifs is 2. The van der Waals surface area contributed by atoms with Crippen molar-refractivity contribution in [2.75, 3.05) is 31.8 Å². The number of hydrogen-bond acceptors (Lipinski definition) is 21. The maximum absolute atomic E-state index is 12.5. The molecule has 11 N–H and O–H groups in total. The van der Waals surface area contributed by atoms with Crippen LogP contribution in [0.5, 0.6) is 0 Å². The molecule has 53 heavy (non-hydrogen) atoms. The largest absolute Gasteiger partial charge is 0.756 e. The summed E-state index contributed by atoms with van der Waals surface area (Å²) in [6.07, 6.45) is -9.85. The number of aliphatic hydroxyl groups is 3. The highest BCUT2D eigenvalue weighted by atomic mass is 31.3. The lowest BCUT2D eigenvalue weighted by Crippen LogP contribution is -2.47. The van der Waals surface area contributed by atoms with Crippen molar-refractivity contribution in [1.29, 1.82) is 0 Å². The molecule has 2 fully saturated rings. The maximum atomic E-state index is 12.5. The maximum Gasteiger partial charge on any atom is 0.478 e. The van der Waals surface area contributed by atoms with Crippen molar-refractivity contribution >= 4 is 57.7 Å². The Labute approximate surface area is 293 Å². The van der Waals surface area contributed by atoms with Gasteiger partial charge in [0.05, 0.1) is 26.6 Å². The van der Waals surface area contributed by atoms with Crippen LogP contribution >= 0.6 is 23.5 Å². The molecule has 6 heterocycles. The number of nitrogens with one attached hydrogen (secondary N) is 2. The molecule has 28 nitrogen and oxygen atoms in total. The van der Waals surface area contributed by atoms with Gasteiger partial charge < -0.3 is 55.7 Å². The standard InChI is InChI=1S/C22H31N10O18P3/c1-30-6-32(16-10(30)18(37)29-22(24)27-16)20-14(44-2)12(34)8(48-20)4-46-52(40,41)50-53(42,43)49-51(38,39)45-3-7-11(33)13(35)19(47-7)31-5-25-9-15(31)26-21(23)28-17(9)36/h5-8,11-14,19-20,33-35H,3-4H2,1-2H3,(H8-,23,24,26,27,28,29,36,37,38,39,40,41,42,43)/t7-,8-,11-,12-,13-,14-,19-,20-/m1/s1. The summed E-state index contributed by atoms with van der Waals surface area (Å²) in [5.74, 6) is -0.550. The van der Waals surface area contributed by atoms with Gasteiger partial charge in [0.15, 0.2) is 23.7 Å². The second-order valence-electron chi connectivity index (χ2n) is 11.5. The van der Waals surface area contributed by atoms with Gasteiger partial charge in [-0.2, -0.15) is 4.98 Å². The van der Waals surface area contributed by atoms with Crippen LogP contribution < -0.4 is 32.0 Å². The summed E-state index contributed by atoms with van der Waals surface area (Å²) in [7, 11) is -15.0. The molecular weight excluding hydrogens is 785 g/mol. The highest BCUT2D eigenvalue weighted by molar-refractivity contribution is 7.66. The van der Waals surface area contributed by atoms with Crippen molar-refractivity contribution in [3.05, 3.63) is 33.4 Å². The number of aryl methyl sites for hydroxylation is 1. The Morgan fingerprint density at radius 2 is 1.53 bits per heavy atom. The topological polar surface area (TPSA) is 410 Å². The molecule has 0 saturated carbocycles. The highest BCUT2D eigenvalue weighted by Gasteiger charge is 2.50. The molecule has 0 radical (unpaired) electrons. The predicted octanol–water partition coefficient (Wildman–Crippen LogP) is -4.53. The van der Waals surface area contributed by atoms with Crippen molar-refractivity contribution < 1.29 is 80.1 Å². The number of nitrogens with zero attached hydrogens (tertiary/aromatic N) is 6. The molecule has 0 spiro atoms. The van der Waals surface area contributed by atoms with E-state index in [1.807, 2.05) is 0 Å². The first-order chi connectivity index (χ1) is 24.7. The molecule has 31 heteroatoms. The first kappa shape index (κ1) is 39.2. The predicted molar refractivity (Wildman–Crippen MR) is 166 cm³/mol. The molecule has 0 aliphatic carbocycles. The van der Waals surface area contributed by atoms with E-state index in [0.29, 0.717) is 0 Å². The third-order valence-corrected chi connectivity index (χ3v) is 12.1. The summed E-state index contributed by atoms with van der Waals surface area (Å²) in [6.45, 7) is -2.13. The first-order valence-electron chi connectivity index (χ1n) is 14.8. The fourth-order valence-electron chi connectivity index (χ4n) is 5.67. The van der Waals surface area contributed by atoms with Gasteiger partial charge in [-0.15, -0.1) is 0 Å². The van der Waals surface area contributed by atoms with Crippen molar-refractivity contribution in [2.24, 2.45) is 7.05 Å². The number of aliphatic hydroxyl groups excluding tert-OH is 3. The number of phosphoric ester groups is 2. The molecule has 0 aromatic carbocycles. The van der Waals surface area contributed by atoms with Gasteiger partial charge in [0, 0.05) is 7.11 Å². The molecule has 11 atom stereocenters. The highest BCUT2D eigenvalue weighted by Crippen LogP contribution is 2.65. The van der Waals surface area contributed by atoms with Crippen molar-refractivity contribution in [3.8, 4) is 0 Å². The summed E-state index contributed by atoms with van der Waals surface area (Å²) in [4.78, 5) is 73.3. The molecule has 292 valence electrons. The zero-order valence-corrected chi connectivity index (χ0v) is 29.6. The zero-order valence-electron chi connectivity index (χ0n) is 26.9. The Kier molecular flexibility index (Phi) is 10.6. The van der Waals surface area contributed by atoms with Crippen LogP contribution in [0.3, 0.4) is 0 Å². The van der Waals surface area contributed by atoms with E-state index in [0.717, 1.165) is 10.9 Å². The molecule has 4 aromatic heterocycles. The molecule has 4 aromatic rings. The number of aromatic amines is 2. The Hall–Kier alpha value is -3.53. The van der Waals surface area contributed by atoms with E-state index >= 15 is 0 Å². The minimum atomic E-state index is -6.23. The Morgan fingerprint density at radius 1 is 0.943 bits per heavy atom. The number of H-pyrrole nitrogens is 2. The van der Waals surface area contributed by atoms with Crippen LogP contribution in [0.25, 0.3) is 22.3 Å². The van der Waals surface area contributed by atoms with Gasteiger partial charge >= 0.3 is 21.3 Å². The molecule has 6 rings (SSSR count). The molecule has 3 unspecified atom stereocenters. The van der Waals surface area contributed by atoms with E-state index in [1.165, 1.54) is 29.6 Å². The lowest BCUT2D eigenvalue weighted by Gasteiger charge is -2.26. The fraction of sp³-hybridized carbons (Fsp3) is 0.545. The average molecular weight is 816 g/mol.